The molecule has 1 aliphatic heterocycles. The Kier molecular flexibility index (Phi) is 9.18. The third-order valence-electron chi connectivity index (χ3n) is 5.62. The highest BCUT2D eigenvalue weighted by Crippen LogP contribution is 2.27. The number of nitrogens with zero attached hydrogens (tertiary/aromatic N) is 1. The topological polar surface area (TPSA) is 60.0 Å². The lowest BCUT2D eigenvalue weighted by atomic mass is 9.99. The SMILES string of the molecule is COc1ccc(CCNC(=O)CN2CCCC(COCc3ccccc3)C2)cc1OC. The number of carbonyl (C=O) groups is 1. The van der Waals surface area contributed by atoms with E-state index in [9.17, 15) is 4.79 Å². The molecule has 2 aromatic rings. The maximum Gasteiger partial charge on any atom is 0.234 e. The Labute approximate surface area is 185 Å². The van der Waals surface area contributed by atoms with Crippen LogP contribution in [0.1, 0.15) is 24.0 Å². The maximum absolute atomic E-state index is 12.4. The first-order chi connectivity index (χ1) is 15.2. The summed E-state index contributed by atoms with van der Waals surface area (Å²) in [7, 11) is 3.25. The zero-order valence-electron chi connectivity index (χ0n) is 18.6. The van der Waals surface area contributed by atoms with Crippen LogP contribution in [0, 0.1) is 5.92 Å². The monoisotopic (exact) mass is 426 g/mol. The molecule has 6 nitrogen and oxygen atoms in total. The van der Waals surface area contributed by atoms with E-state index in [4.69, 9.17) is 14.2 Å². The van der Waals surface area contributed by atoms with Crippen LogP contribution in [0.2, 0.25) is 0 Å². The molecule has 1 heterocycles. The Morgan fingerprint density at radius 3 is 2.65 bits per heavy atom. The Morgan fingerprint density at radius 1 is 1.06 bits per heavy atom. The van der Waals surface area contributed by atoms with E-state index in [1.165, 1.54) is 5.56 Å². The van der Waals surface area contributed by atoms with E-state index < -0.39 is 0 Å². The first kappa shape index (κ1) is 23.1. The normalized spacial score (nSPS) is 16.6. The third kappa shape index (κ3) is 7.56. The summed E-state index contributed by atoms with van der Waals surface area (Å²) < 4.78 is 16.5. The van der Waals surface area contributed by atoms with E-state index >= 15 is 0 Å². The van der Waals surface area contributed by atoms with Crippen LogP contribution in [-0.4, -0.2) is 57.8 Å². The smallest absolute Gasteiger partial charge is 0.234 e. The molecular weight excluding hydrogens is 392 g/mol. The molecule has 1 fully saturated rings. The Hall–Kier alpha value is -2.57. The summed E-state index contributed by atoms with van der Waals surface area (Å²) in [5.41, 5.74) is 2.30. The van der Waals surface area contributed by atoms with Gasteiger partial charge in [-0.1, -0.05) is 36.4 Å². The lowest BCUT2D eigenvalue weighted by Gasteiger charge is -2.32. The zero-order valence-corrected chi connectivity index (χ0v) is 18.6. The van der Waals surface area contributed by atoms with E-state index in [2.05, 4.69) is 22.3 Å². The molecule has 2 aromatic carbocycles. The fourth-order valence-electron chi connectivity index (χ4n) is 3.99. The van der Waals surface area contributed by atoms with Crippen LogP contribution in [0.3, 0.4) is 0 Å². The van der Waals surface area contributed by atoms with E-state index in [0.29, 0.717) is 37.1 Å². The predicted octanol–water partition coefficient (Wildman–Crippen LogP) is 3.29. The molecule has 3 rings (SSSR count). The number of nitrogens with one attached hydrogen (secondary N) is 1. The summed E-state index contributed by atoms with van der Waals surface area (Å²) in [6.07, 6.45) is 3.02. The molecule has 168 valence electrons. The third-order valence-corrected chi connectivity index (χ3v) is 5.62. The van der Waals surface area contributed by atoms with Crippen molar-refractivity contribution in [1.82, 2.24) is 10.2 Å². The van der Waals surface area contributed by atoms with Crippen LogP contribution < -0.4 is 14.8 Å². The zero-order chi connectivity index (χ0) is 21.9. The molecule has 1 amide bonds. The summed E-state index contributed by atoms with van der Waals surface area (Å²) in [6.45, 7) is 4.32. The van der Waals surface area contributed by atoms with Gasteiger partial charge in [-0.2, -0.15) is 0 Å². The largest absolute Gasteiger partial charge is 0.493 e. The van der Waals surface area contributed by atoms with Crippen molar-refractivity contribution in [3.63, 3.8) is 0 Å². The van der Waals surface area contributed by atoms with Crippen molar-refractivity contribution in [3.8, 4) is 11.5 Å². The van der Waals surface area contributed by atoms with E-state index in [1.807, 2.05) is 36.4 Å². The minimum atomic E-state index is 0.0753. The first-order valence-corrected chi connectivity index (χ1v) is 11.0. The van der Waals surface area contributed by atoms with Gasteiger partial charge in [0.15, 0.2) is 11.5 Å². The second-order valence-corrected chi connectivity index (χ2v) is 8.03. The van der Waals surface area contributed by atoms with Crippen molar-refractivity contribution in [2.75, 3.05) is 47.0 Å². The quantitative estimate of drug-likeness (QED) is 0.598. The van der Waals surface area contributed by atoms with Crippen molar-refractivity contribution in [2.24, 2.45) is 5.92 Å². The van der Waals surface area contributed by atoms with Crippen molar-refractivity contribution in [3.05, 3.63) is 59.7 Å². The minimum Gasteiger partial charge on any atom is -0.493 e. The highest BCUT2D eigenvalue weighted by molar-refractivity contribution is 5.78. The summed E-state index contributed by atoms with van der Waals surface area (Å²) in [6, 6.07) is 16.1. The van der Waals surface area contributed by atoms with Gasteiger partial charge < -0.3 is 19.5 Å². The van der Waals surface area contributed by atoms with E-state index in [-0.39, 0.29) is 5.91 Å². The Balaban J connectivity index is 1.35. The van der Waals surface area contributed by atoms with Crippen LogP contribution in [0.25, 0.3) is 0 Å². The molecule has 1 unspecified atom stereocenters. The van der Waals surface area contributed by atoms with Crippen molar-refractivity contribution in [2.45, 2.75) is 25.9 Å². The van der Waals surface area contributed by atoms with Gasteiger partial charge in [-0.3, -0.25) is 9.69 Å². The highest BCUT2D eigenvalue weighted by atomic mass is 16.5. The number of hydrogen-bond donors (Lipinski definition) is 1. The number of benzene rings is 2. The van der Waals surface area contributed by atoms with E-state index in [0.717, 1.165) is 44.5 Å². The molecule has 0 aromatic heterocycles. The summed E-state index contributed by atoms with van der Waals surface area (Å²) in [4.78, 5) is 14.6. The molecule has 0 bridgehead atoms. The van der Waals surface area contributed by atoms with Crippen molar-refractivity contribution >= 4 is 5.91 Å². The average molecular weight is 427 g/mol. The van der Waals surface area contributed by atoms with Gasteiger partial charge in [0.05, 0.1) is 34.0 Å². The minimum absolute atomic E-state index is 0.0753. The van der Waals surface area contributed by atoms with Gasteiger partial charge in [0.1, 0.15) is 0 Å². The van der Waals surface area contributed by atoms with Crippen LogP contribution in [0.5, 0.6) is 11.5 Å². The van der Waals surface area contributed by atoms with Crippen LogP contribution in [0.4, 0.5) is 0 Å². The van der Waals surface area contributed by atoms with Gasteiger partial charge in [0, 0.05) is 13.1 Å². The number of likely N-dealkylation sites (tertiary alicyclic amines) is 1. The lowest BCUT2D eigenvalue weighted by Crippen LogP contribution is -2.43. The lowest BCUT2D eigenvalue weighted by molar-refractivity contribution is -0.122. The summed E-state index contributed by atoms with van der Waals surface area (Å²) in [5.74, 6) is 1.98. The van der Waals surface area contributed by atoms with Crippen molar-refractivity contribution < 1.29 is 19.0 Å². The van der Waals surface area contributed by atoms with E-state index in [1.54, 1.807) is 14.2 Å². The van der Waals surface area contributed by atoms with Gasteiger partial charge in [-0.05, 0) is 55.0 Å². The molecule has 0 saturated carbocycles. The van der Waals surface area contributed by atoms with Crippen LogP contribution >= 0.6 is 0 Å². The number of methoxy groups -OCH3 is 2. The number of carbonyl (C=O) groups excluding carboxylic acids is 1. The highest BCUT2D eigenvalue weighted by Gasteiger charge is 2.21. The van der Waals surface area contributed by atoms with Crippen LogP contribution in [-0.2, 0) is 22.6 Å². The molecule has 1 atom stereocenters. The predicted molar refractivity (Wildman–Crippen MR) is 122 cm³/mol. The Bertz CT molecular complexity index is 812. The summed E-state index contributed by atoms with van der Waals surface area (Å²) >= 11 is 0. The number of piperidine rings is 1. The standard InChI is InChI=1S/C25H34N2O4/c1-29-23-11-10-20(15-24(23)30-2)12-13-26-25(28)17-27-14-6-9-22(16-27)19-31-18-21-7-4-3-5-8-21/h3-5,7-8,10-11,15,22H,6,9,12-14,16-19H2,1-2H3,(H,26,28). The van der Waals surface area contributed by atoms with Gasteiger partial charge in [0.25, 0.3) is 0 Å². The van der Waals surface area contributed by atoms with Gasteiger partial charge in [-0.15, -0.1) is 0 Å². The maximum atomic E-state index is 12.4. The van der Waals surface area contributed by atoms with Crippen LogP contribution in [0.15, 0.2) is 48.5 Å². The molecule has 1 saturated heterocycles. The van der Waals surface area contributed by atoms with Crippen molar-refractivity contribution in [1.29, 1.82) is 0 Å². The number of amides is 1. The summed E-state index contributed by atoms with van der Waals surface area (Å²) in [5, 5.41) is 3.04. The first-order valence-electron chi connectivity index (χ1n) is 11.0. The van der Waals surface area contributed by atoms with Gasteiger partial charge in [0.2, 0.25) is 5.91 Å². The molecular formula is C25H34N2O4. The molecule has 0 spiro atoms. The molecule has 0 aliphatic carbocycles. The van der Waals surface area contributed by atoms with Gasteiger partial charge >= 0.3 is 0 Å². The fraction of sp³-hybridized carbons (Fsp3) is 0.480. The van der Waals surface area contributed by atoms with Gasteiger partial charge in [-0.25, -0.2) is 0 Å². The Morgan fingerprint density at radius 2 is 1.87 bits per heavy atom. The number of hydrogen-bond acceptors (Lipinski definition) is 5. The molecule has 0 radical (unpaired) electrons. The molecule has 1 aliphatic rings. The number of rotatable bonds is 11. The molecule has 1 N–H and O–H groups in total. The average Bonchev–Trinajstić information content (AvgIpc) is 2.80. The molecule has 6 heteroatoms. The fourth-order valence-corrected chi connectivity index (χ4v) is 3.99. The second-order valence-electron chi connectivity index (χ2n) is 8.03. The second kappa shape index (κ2) is 12.3. The number of ether oxygens (including phenoxy) is 3. The molecule has 31 heavy (non-hydrogen) atoms.